The van der Waals surface area contributed by atoms with Crippen LogP contribution in [0.4, 0.5) is 0 Å². The van der Waals surface area contributed by atoms with Crippen molar-refractivity contribution in [2.45, 2.75) is 13.8 Å². The Morgan fingerprint density at radius 2 is 1.90 bits per heavy atom. The molecule has 0 saturated heterocycles. The first-order chi connectivity index (χ1) is 4.42. The molecule has 0 unspecified atom stereocenters. The van der Waals surface area contributed by atoms with Crippen molar-refractivity contribution in [1.29, 1.82) is 0 Å². The molecule has 0 aromatic heterocycles. The van der Waals surface area contributed by atoms with Crippen LogP contribution in [0.15, 0.2) is 23.5 Å². The Labute approximate surface area is 60.2 Å². The number of allylic oxidation sites excluding steroid dienone is 3. The summed E-state index contributed by atoms with van der Waals surface area (Å²) in [6.07, 6.45) is 3.00. The molecular formula is C6H11O3P. The topological polar surface area (TPSA) is 57.5 Å². The molecule has 10 heavy (non-hydrogen) atoms. The third-order valence-corrected chi connectivity index (χ3v) is 1.27. The van der Waals surface area contributed by atoms with Gasteiger partial charge in [0, 0.05) is 5.82 Å². The SMILES string of the molecule is CC(C)=CC=CP(=O)(O)O. The van der Waals surface area contributed by atoms with Crippen LogP contribution in [0.1, 0.15) is 13.8 Å². The maximum Gasteiger partial charge on any atom is 0.349 e. The first-order valence-corrected chi connectivity index (χ1v) is 4.48. The van der Waals surface area contributed by atoms with E-state index < -0.39 is 7.60 Å². The second-order valence-corrected chi connectivity index (χ2v) is 3.65. The van der Waals surface area contributed by atoms with Crippen LogP contribution >= 0.6 is 7.60 Å². The molecule has 0 saturated carbocycles. The van der Waals surface area contributed by atoms with E-state index in [-0.39, 0.29) is 0 Å². The molecule has 0 rings (SSSR count). The van der Waals surface area contributed by atoms with Crippen LogP contribution in [0, 0.1) is 0 Å². The highest BCUT2D eigenvalue weighted by molar-refractivity contribution is 7.55. The molecule has 0 aromatic carbocycles. The van der Waals surface area contributed by atoms with Gasteiger partial charge in [-0.25, -0.2) is 0 Å². The van der Waals surface area contributed by atoms with E-state index in [0.717, 1.165) is 11.4 Å². The van der Waals surface area contributed by atoms with E-state index >= 15 is 0 Å². The molecule has 0 fully saturated rings. The zero-order chi connectivity index (χ0) is 8.20. The highest BCUT2D eigenvalue weighted by atomic mass is 31.2. The minimum atomic E-state index is -3.95. The Morgan fingerprint density at radius 1 is 1.40 bits per heavy atom. The molecule has 0 heterocycles. The standard InChI is InChI=1S/C6H11O3P/c1-6(2)4-3-5-10(7,8)9/h3-5H,1-2H3,(H2,7,8,9). The lowest BCUT2D eigenvalue weighted by Crippen LogP contribution is -1.67. The monoisotopic (exact) mass is 162 g/mol. The van der Waals surface area contributed by atoms with E-state index in [1.807, 2.05) is 13.8 Å². The van der Waals surface area contributed by atoms with Crippen LogP contribution in [-0.4, -0.2) is 9.79 Å². The summed E-state index contributed by atoms with van der Waals surface area (Å²) >= 11 is 0. The van der Waals surface area contributed by atoms with Gasteiger partial charge < -0.3 is 9.79 Å². The van der Waals surface area contributed by atoms with Crippen molar-refractivity contribution in [1.82, 2.24) is 0 Å². The summed E-state index contributed by atoms with van der Waals surface area (Å²) in [4.78, 5) is 16.7. The molecule has 3 nitrogen and oxygen atoms in total. The molecule has 0 spiro atoms. The molecule has 0 radical (unpaired) electrons. The molecule has 2 N–H and O–H groups in total. The van der Waals surface area contributed by atoms with Gasteiger partial charge in [0.1, 0.15) is 0 Å². The first kappa shape index (κ1) is 9.63. The van der Waals surface area contributed by atoms with Crippen molar-refractivity contribution in [3.63, 3.8) is 0 Å². The lowest BCUT2D eigenvalue weighted by Gasteiger charge is -1.91. The van der Waals surface area contributed by atoms with Crippen LogP contribution in [0.3, 0.4) is 0 Å². The average molecular weight is 162 g/mol. The quantitative estimate of drug-likeness (QED) is 0.479. The highest BCUT2D eigenvalue weighted by Gasteiger charge is 2.03. The van der Waals surface area contributed by atoms with Gasteiger partial charge >= 0.3 is 7.60 Å². The predicted molar refractivity (Wildman–Crippen MR) is 40.6 cm³/mol. The first-order valence-electron chi connectivity index (χ1n) is 2.80. The lowest BCUT2D eigenvalue weighted by atomic mass is 10.3. The Bertz CT molecular complexity index is 195. The molecule has 4 heteroatoms. The van der Waals surface area contributed by atoms with E-state index in [4.69, 9.17) is 9.79 Å². The van der Waals surface area contributed by atoms with Gasteiger partial charge in [0.25, 0.3) is 0 Å². The van der Waals surface area contributed by atoms with Crippen molar-refractivity contribution >= 4 is 7.60 Å². The summed E-state index contributed by atoms with van der Waals surface area (Å²) in [5.41, 5.74) is 1.00. The lowest BCUT2D eigenvalue weighted by molar-refractivity contribution is 0.386. The normalized spacial score (nSPS) is 12.0. The van der Waals surface area contributed by atoms with Gasteiger partial charge in [0.15, 0.2) is 0 Å². The second kappa shape index (κ2) is 3.71. The van der Waals surface area contributed by atoms with E-state index in [1.54, 1.807) is 6.08 Å². The second-order valence-electron chi connectivity index (χ2n) is 2.17. The summed E-state index contributed by atoms with van der Waals surface area (Å²) in [7, 11) is -3.95. The Hall–Kier alpha value is -0.370. The predicted octanol–water partition coefficient (Wildman–Crippen LogP) is 1.64. The van der Waals surface area contributed by atoms with Gasteiger partial charge in [-0.1, -0.05) is 17.7 Å². The molecule has 0 amide bonds. The zero-order valence-corrected chi connectivity index (χ0v) is 6.88. The zero-order valence-electron chi connectivity index (χ0n) is 5.98. The highest BCUT2D eigenvalue weighted by Crippen LogP contribution is 2.35. The van der Waals surface area contributed by atoms with E-state index in [0.29, 0.717) is 0 Å². The third kappa shape index (κ3) is 7.63. The van der Waals surface area contributed by atoms with E-state index in [9.17, 15) is 4.57 Å². The molecule has 0 aliphatic heterocycles. The van der Waals surface area contributed by atoms with Crippen LogP contribution in [0.25, 0.3) is 0 Å². The number of hydrogen-bond acceptors (Lipinski definition) is 1. The van der Waals surface area contributed by atoms with Crippen LogP contribution in [-0.2, 0) is 4.57 Å². The smallest absolute Gasteiger partial charge is 0.321 e. The fourth-order valence-electron chi connectivity index (χ4n) is 0.348. The van der Waals surface area contributed by atoms with Crippen molar-refractivity contribution in [2.24, 2.45) is 0 Å². The van der Waals surface area contributed by atoms with Crippen molar-refractivity contribution in [3.05, 3.63) is 23.5 Å². The van der Waals surface area contributed by atoms with Gasteiger partial charge in [-0.05, 0) is 13.8 Å². The van der Waals surface area contributed by atoms with Gasteiger partial charge in [0.05, 0.1) is 0 Å². The van der Waals surface area contributed by atoms with Crippen LogP contribution in [0.2, 0.25) is 0 Å². The van der Waals surface area contributed by atoms with Gasteiger partial charge in [0.2, 0.25) is 0 Å². The molecular weight excluding hydrogens is 151 g/mol. The fourth-order valence-corrected chi connectivity index (χ4v) is 0.658. The van der Waals surface area contributed by atoms with Crippen molar-refractivity contribution < 1.29 is 14.4 Å². The van der Waals surface area contributed by atoms with E-state index in [2.05, 4.69) is 0 Å². The van der Waals surface area contributed by atoms with Crippen molar-refractivity contribution in [2.75, 3.05) is 0 Å². The minimum Gasteiger partial charge on any atom is -0.321 e. The molecule has 0 aliphatic rings. The summed E-state index contributed by atoms with van der Waals surface area (Å²) in [6.45, 7) is 3.70. The molecule has 0 atom stereocenters. The fraction of sp³-hybridized carbons (Fsp3) is 0.333. The summed E-state index contributed by atoms with van der Waals surface area (Å²) in [6, 6.07) is 0. The molecule has 0 aliphatic carbocycles. The molecule has 0 aromatic rings. The number of hydrogen-bond donors (Lipinski definition) is 2. The number of rotatable bonds is 2. The Kier molecular flexibility index (Phi) is 3.58. The van der Waals surface area contributed by atoms with E-state index in [1.165, 1.54) is 6.08 Å². The van der Waals surface area contributed by atoms with Gasteiger partial charge in [-0.2, -0.15) is 0 Å². The maximum atomic E-state index is 10.2. The minimum absolute atomic E-state index is 0.875. The Balaban J connectivity index is 4.04. The summed E-state index contributed by atoms with van der Waals surface area (Å²) < 4.78 is 10.2. The molecule has 58 valence electrons. The van der Waals surface area contributed by atoms with Crippen LogP contribution < -0.4 is 0 Å². The van der Waals surface area contributed by atoms with Gasteiger partial charge in [-0.3, -0.25) is 4.57 Å². The third-order valence-electron chi connectivity index (χ3n) is 0.710. The van der Waals surface area contributed by atoms with Crippen LogP contribution in [0.5, 0.6) is 0 Å². The molecule has 0 bridgehead atoms. The van der Waals surface area contributed by atoms with Gasteiger partial charge in [-0.15, -0.1) is 0 Å². The maximum absolute atomic E-state index is 10.2. The van der Waals surface area contributed by atoms with Crippen molar-refractivity contribution in [3.8, 4) is 0 Å². The summed E-state index contributed by atoms with van der Waals surface area (Å²) in [5.74, 6) is 0.875. The largest absolute Gasteiger partial charge is 0.349 e. The average Bonchev–Trinajstić information content (AvgIpc) is 1.59. The summed E-state index contributed by atoms with van der Waals surface area (Å²) in [5, 5.41) is 0. The Morgan fingerprint density at radius 3 is 2.20 bits per heavy atom.